The van der Waals surface area contributed by atoms with Gasteiger partial charge in [-0.25, -0.2) is 0 Å². The first-order valence-electron chi connectivity index (χ1n) is 7.43. The Morgan fingerprint density at radius 3 is 2.55 bits per heavy atom. The number of aromatic nitrogens is 1. The first kappa shape index (κ1) is 14.4. The minimum absolute atomic E-state index is 0.0101. The van der Waals surface area contributed by atoms with Gasteiger partial charge in [0.1, 0.15) is 11.4 Å². The van der Waals surface area contributed by atoms with Gasteiger partial charge >= 0.3 is 0 Å². The largest absolute Gasteiger partial charge is 0.497 e. The van der Waals surface area contributed by atoms with Crippen LogP contribution in [0.3, 0.4) is 0 Å². The van der Waals surface area contributed by atoms with Crippen molar-refractivity contribution in [1.29, 1.82) is 0 Å². The zero-order valence-electron chi connectivity index (χ0n) is 12.6. The molecule has 2 aromatic rings. The lowest BCUT2D eigenvalue weighted by Gasteiger charge is -2.15. The second-order valence-corrected chi connectivity index (χ2v) is 5.28. The molecule has 1 aromatic carbocycles. The number of carbonyl (C=O) groups excluding carboxylic acids is 1. The molecule has 1 fully saturated rings. The van der Waals surface area contributed by atoms with Crippen LogP contribution in [0, 0.1) is 0 Å². The number of hydrogen-bond acceptors (Lipinski definition) is 4. The number of ether oxygens (including phenoxy) is 1. The van der Waals surface area contributed by atoms with Gasteiger partial charge in [0.25, 0.3) is 5.91 Å². The van der Waals surface area contributed by atoms with E-state index >= 15 is 0 Å². The standard InChI is InChI=1S/C17H19N3O2/c1-22-15-6-4-13(5-7-15)19-14-8-9-18-16(12-14)17(21)20-10-2-3-11-20/h4-9,12H,2-3,10-11H2,1H3,(H,18,19). The van der Waals surface area contributed by atoms with Crippen LogP contribution >= 0.6 is 0 Å². The number of carbonyl (C=O) groups is 1. The van der Waals surface area contributed by atoms with Gasteiger partial charge in [-0.3, -0.25) is 9.78 Å². The van der Waals surface area contributed by atoms with Gasteiger partial charge in [0, 0.05) is 30.7 Å². The molecule has 5 nitrogen and oxygen atoms in total. The lowest BCUT2D eigenvalue weighted by Crippen LogP contribution is -2.28. The quantitative estimate of drug-likeness (QED) is 0.942. The van der Waals surface area contributed by atoms with Crippen molar-refractivity contribution in [1.82, 2.24) is 9.88 Å². The highest BCUT2D eigenvalue weighted by atomic mass is 16.5. The fourth-order valence-electron chi connectivity index (χ4n) is 2.55. The monoisotopic (exact) mass is 297 g/mol. The Labute approximate surface area is 129 Å². The van der Waals surface area contributed by atoms with E-state index in [1.54, 1.807) is 19.4 Å². The van der Waals surface area contributed by atoms with Crippen LogP contribution in [0.1, 0.15) is 23.3 Å². The summed E-state index contributed by atoms with van der Waals surface area (Å²) in [7, 11) is 1.64. The van der Waals surface area contributed by atoms with E-state index < -0.39 is 0 Å². The SMILES string of the molecule is COc1ccc(Nc2ccnc(C(=O)N3CCCC3)c2)cc1. The summed E-state index contributed by atoms with van der Waals surface area (Å²) in [5.41, 5.74) is 2.27. The van der Waals surface area contributed by atoms with Crippen molar-refractivity contribution in [2.75, 3.05) is 25.5 Å². The molecule has 0 unspecified atom stereocenters. The maximum absolute atomic E-state index is 12.4. The predicted molar refractivity (Wildman–Crippen MR) is 85.7 cm³/mol. The van der Waals surface area contributed by atoms with E-state index in [2.05, 4.69) is 10.3 Å². The summed E-state index contributed by atoms with van der Waals surface area (Å²) < 4.78 is 5.14. The Hall–Kier alpha value is -2.56. The van der Waals surface area contributed by atoms with Gasteiger partial charge in [-0.15, -0.1) is 0 Å². The lowest BCUT2D eigenvalue weighted by molar-refractivity contribution is 0.0787. The number of amides is 1. The highest BCUT2D eigenvalue weighted by Crippen LogP contribution is 2.21. The first-order valence-corrected chi connectivity index (χ1v) is 7.43. The third kappa shape index (κ3) is 3.19. The molecule has 3 rings (SSSR count). The zero-order valence-corrected chi connectivity index (χ0v) is 12.6. The Bertz CT molecular complexity index is 649. The van der Waals surface area contributed by atoms with E-state index in [1.165, 1.54) is 0 Å². The lowest BCUT2D eigenvalue weighted by atomic mass is 10.2. The number of likely N-dealkylation sites (tertiary alicyclic amines) is 1. The summed E-state index contributed by atoms with van der Waals surface area (Å²) in [6.07, 6.45) is 3.82. The summed E-state index contributed by atoms with van der Waals surface area (Å²) >= 11 is 0. The number of pyridine rings is 1. The molecule has 2 heterocycles. The Kier molecular flexibility index (Phi) is 4.23. The van der Waals surface area contributed by atoms with Crippen LogP contribution in [0.25, 0.3) is 0 Å². The molecule has 0 spiro atoms. The fourth-order valence-corrected chi connectivity index (χ4v) is 2.55. The minimum atomic E-state index is 0.0101. The highest BCUT2D eigenvalue weighted by molar-refractivity contribution is 5.93. The number of benzene rings is 1. The van der Waals surface area contributed by atoms with E-state index in [1.807, 2.05) is 35.2 Å². The maximum Gasteiger partial charge on any atom is 0.272 e. The molecule has 1 saturated heterocycles. The second kappa shape index (κ2) is 6.47. The van der Waals surface area contributed by atoms with Gasteiger partial charge in [0.2, 0.25) is 0 Å². The Balaban J connectivity index is 1.74. The predicted octanol–water partition coefficient (Wildman–Crippen LogP) is 3.07. The maximum atomic E-state index is 12.4. The average molecular weight is 297 g/mol. The third-order valence-corrected chi connectivity index (χ3v) is 3.75. The molecule has 22 heavy (non-hydrogen) atoms. The van der Waals surface area contributed by atoms with Crippen LogP contribution in [0.15, 0.2) is 42.6 Å². The van der Waals surface area contributed by atoms with Gasteiger partial charge in [0.05, 0.1) is 7.11 Å². The minimum Gasteiger partial charge on any atom is -0.497 e. The molecule has 0 aliphatic carbocycles. The van der Waals surface area contributed by atoms with E-state index in [0.717, 1.165) is 43.1 Å². The van der Waals surface area contributed by atoms with Crippen molar-refractivity contribution >= 4 is 17.3 Å². The topological polar surface area (TPSA) is 54.5 Å². The van der Waals surface area contributed by atoms with Crippen molar-refractivity contribution in [2.24, 2.45) is 0 Å². The zero-order chi connectivity index (χ0) is 15.4. The van der Waals surface area contributed by atoms with Gasteiger partial charge in [-0.05, 0) is 49.2 Å². The van der Waals surface area contributed by atoms with Crippen molar-refractivity contribution < 1.29 is 9.53 Å². The van der Waals surface area contributed by atoms with Crippen molar-refractivity contribution in [3.8, 4) is 5.75 Å². The smallest absolute Gasteiger partial charge is 0.272 e. The first-order chi connectivity index (χ1) is 10.8. The van der Waals surface area contributed by atoms with Crippen LogP contribution in [0.4, 0.5) is 11.4 Å². The van der Waals surface area contributed by atoms with E-state index in [4.69, 9.17) is 4.74 Å². The molecule has 1 N–H and O–H groups in total. The van der Waals surface area contributed by atoms with E-state index in [-0.39, 0.29) is 5.91 Å². The average Bonchev–Trinajstić information content (AvgIpc) is 3.09. The van der Waals surface area contributed by atoms with Crippen LogP contribution in [0.2, 0.25) is 0 Å². The van der Waals surface area contributed by atoms with Crippen molar-refractivity contribution in [3.05, 3.63) is 48.3 Å². The van der Waals surface area contributed by atoms with E-state index in [0.29, 0.717) is 5.69 Å². The molecule has 1 aromatic heterocycles. The number of anilines is 2. The summed E-state index contributed by atoms with van der Waals surface area (Å²) in [5.74, 6) is 0.820. The molecule has 1 aliphatic rings. The van der Waals surface area contributed by atoms with Gasteiger partial charge in [0.15, 0.2) is 0 Å². The van der Waals surface area contributed by atoms with Crippen molar-refractivity contribution in [2.45, 2.75) is 12.8 Å². The van der Waals surface area contributed by atoms with E-state index in [9.17, 15) is 4.79 Å². The molecule has 5 heteroatoms. The summed E-state index contributed by atoms with van der Waals surface area (Å²) in [5, 5.41) is 3.27. The summed E-state index contributed by atoms with van der Waals surface area (Å²) in [6, 6.07) is 11.3. The molecule has 0 bridgehead atoms. The van der Waals surface area contributed by atoms with Crippen LogP contribution in [-0.2, 0) is 0 Å². The number of nitrogens with zero attached hydrogens (tertiary/aromatic N) is 2. The summed E-state index contributed by atoms with van der Waals surface area (Å²) in [6.45, 7) is 1.66. The molecular formula is C17H19N3O2. The molecule has 1 amide bonds. The molecule has 0 saturated carbocycles. The normalized spacial score (nSPS) is 14.0. The van der Waals surface area contributed by atoms with Crippen LogP contribution in [0.5, 0.6) is 5.75 Å². The van der Waals surface area contributed by atoms with Crippen LogP contribution in [-0.4, -0.2) is 36.0 Å². The van der Waals surface area contributed by atoms with Crippen molar-refractivity contribution in [3.63, 3.8) is 0 Å². The molecule has 1 aliphatic heterocycles. The van der Waals surface area contributed by atoms with Gasteiger partial charge in [-0.2, -0.15) is 0 Å². The molecule has 114 valence electrons. The summed E-state index contributed by atoms with van der Waals surface area (Å²) in [4.78, 5) is 18.4. The molecule has 0 atom stereocenters. The highest BCUT2D eigenvalue weighted by Gasteiger charge is 2.20. The number of rotatable bonds is 4. The molecular weight excluding hydrogens is 278 g/mol. The number of methoxy groups -OCH3 is 1. The Morgan fingerprint density at radius 2 is 1.86 bits per heavy atom. The Morgan fingerprint density at radius 1 is 1.14 bits per heavy atom. The third-order valence-electron chi connectivity index (χ3n) is 3.75. The van der Waals surface area contributed by atoms with Gasteiger partial charge in [-0.1, -0.05) is 0 Å². The van der Waals surface area contributed by atoms with Gasteiger partial charge < -0.3 is 15.0 Å². The molecule has 0 radical (unpaired) electrons. The number of hydrogen-bond donors (Lipinski definition) is 1. The second-order valence-electron chi connectivity index (χ2n) is 5.28. The van der Waals surface area contributed by atoms with Crippen LogP contribution < -0.4 is 10.1 Å². The number of nitrogens with one attached hydrogen (secondary N) is 1. The fraction of sp³-hybridized carbons (Fsp3) is 0.294.